The lowest BCUT2D eigenvalue weighted by Gasteiger charge is -2.36. The molecule has 3 rings (SSSR count). The first-order valence-corrected chi connectivity index (χ1v) is 11.6. The van der Waals surface area contributed by atoms with Crippen LogP contribution in [0.2, 0.25) is 0 Å². The van der Waals surface area contributed by atoms with Gasteiger partial charge in [0.2, 0.25) is 11.8 Å². The maximum Gasteiger partial charge on any atom is 0.251 e. The number of nitrogens with one attached hydrogen (secondary N) is 2. The van der Waals surface area contributed by atoms with Crippen molar-refractivity contribution in [1.82, 2.24) is 20.4 Å². The molecule has 2 N–H and O–H groups in total. The van der Waals surface area contributed by atoms with Crippen LogP contribution in [0.25, 0.3) is 0 Å². The van der Waals surface area contributed by atoms with Gasteiger partial charge >= 0.3 is 0 Å². The highest BCUT2D eigenvalue weighted by Gasteiger charge is 2.29. The molecule has 1 aromatic carbocycles. The monoisotopic (exact) mass is 428 g/mol. The molecule has 1 saturated carbocycles. The van der Waals surface area contributed by atoms with Crippen LogP contribution in [0.15, 0.2) is 30.3 Å². The lowest BCUT2D eigenvalue weighted by Crippen LogP contribution is -2.53. The summed E-state index contributed by atoms with van der Waals surface area (Å²) in [7, 11) is 0. The van der Waals surface area contributed by atoms with Crippen molar-refractivity contribution in [2.75, 3.05) is 39.3 Å². The molecule has 0 radical (unpaired) electrons. The first-order chi connectivity index (χ1) is 15.0. The van der Waals surface area contributed by atoms with Gasteiger partial charge in [-0.2, -0.15) is 0 Å². The molecular weight excluding hydrogens is 392 g/mol. The largest absolute Gasteiger partial charge is 0.353 e. The van der Waals surface area contributed by atoms with Gasteiger partial charge in [-0.05, 0) is 30.9 Å². The molecule has 31 heavy (non-hydrogen) atoms. The zero-order valence-corrected chi connectivity index (χ0v) is 18.8. The molecule has 2 aliphatic rings. The summed E-state index contributed by atoms with van der Waals surface area (Å²) in [4.78, 5) is 42.0. The highest BCUT2D eigenvalue weighted by molar-refractivity contribution is 5.97. The molecule has 1 saturated heterocycles. The number of benzene rings is 1. The smallest absolute Gasteiger partial charge is 0.251 e. The van der Waals surface area contributed by atoms with E-state index >= 15 is 0 Å². The summed E-state index contributed by atoms with van der Waals surface area (Å²) >= 11 is 0. The second-order valence-corrected chi connectivity index (χ2v) is 9.00. The van der Waals surface area contributed by atoms with E-state index in [-0.39, 0.29) is 23.7 Å². The quantitative estimate of drug-likeness (QED) is 0.663. The maximum absolute atomic E-state index is 12.7. The Morgan fingerprint density at radius 1 is 1.00 bits per heavy atom. The Labute approximate surface area is 185 Å². The van der Waals surface area contributed by atoms with Crippen molar-refractivity contribution in [2.45, 2.75) is 45.6 Å². The average molecular weight is 429 g/mol. The molecule has 1 aromatic rings. The Kier molecular flexibility index (Phi) is 8.46. The molecule has 1 atom stereocenters. The summed E-state index contributed by atoms with van der Waals surface area (Å²) in [6, 6.07) is 8.37. The van der Waals surface area contributed by atoms with E-state index in [4.69, 9.17) is 0 Å². The standard InChI is InChI=1S/C24H36N4O3/c1-18(2)21(26-22(29)19-8-4-3-5-9-19)23(30)25-12-13-27-14-16-28(17-15-27)24(31)20-10-6-7-11-20/h3-5,8-9,18,20-21H,6-7,10-17H2,1-2H3,(H,25,30)(H,26,29). The predicted molar refractivity (Wildman–Crippen MR) is 121 cm³/mol. The first-order valence-electron chi connectivity index (χ1n) is 11.6. The average Bonchev–Trinajstić information content (AvgIpc) is 3.32. The van der Waals surface area contributed by atoms with E-state index in [0.29, 0.717) is 18.0 Å². The highest BCUT2D eigenvalue weighted by Crippen LogP contribution is 2.26. The molecule has 1 aliphatic heterocycles. The molecule has 0 aromatic heterocycles. The predicted octanol–water partition coefficient (Wildman–Crippen LogP) is 1.89. The number of amides is 3. The fraction of sp³-hybridized carbons (Fsp3) is 0.625. The van der Waals surface area contributed by atoms with Crippen molar-refractivity contribution >= 4 is 17.7 Å². The van der Waals surface area contributed by atoms with Gasteiger partial charge in [-0.3, -0.25) is 19.3 Å². The van der Waals surface area contributed by atoms with Gasteiger partial charge in [-0.15, -0.1) is 0 Å². The normalized spacial score (nSPS) is 18.7. The highest BCUT2D eigenvalue weighted by atomic mass is 16.2. The topological polar surface area (TPSA) is 81.8 Å². The van der Waals surface area contributed by atoms with Gasteiger partial charge in [0.1, 0.15) is 6.04 Å². The number of hydrogen-bond acceptors (Lipinski definition) is 4. The van der Waals surface area contributed by atoms with Crippen LogP contribution in [0.3, 0.4) is 0 Å². The zero-order chi connectivity index (χ0) is 22.2. The SMILES string of the molecule is CC(C)C(NC(=O)c1ccccc1)C(=O)NCCN1CCN(C(=O)C2CCCC2)CC1. The Hall–Kier alpha value is -2.41. The van der Waals surface area contributed by atoms with Crippen molar-refractivity contribution in [3.8, 4) is 0 Å². The summed E-state index contributed by atoms with van der Waals surface area (Å²) in [5, 5.41) is 5.83. The summed E-state index contributed by atoms with van der Waals surface area (Å²) in [6.45, 7) is 8.34. The third-order valence-electron chi connectivity index (χ3n) is 6.39. The van der Waals surface area contributed by atoms with Crippen LogP contribution in [0.4, 0.5) is 0 Å². The number of hydrogen-bond donors (Lipinski definition) is 2. The van der Waals surface area contributed by atoms with Crippen molar-refractivity contribution in [3.63, 3.8) is 0 Å². The summed E-state index contributed by atoms with van der Waals surface area (Å²) in [5.74, 6) is 0.161. The number of nitrogens with zero attached hydrogens (tertiary/aromatic N) is 2. The van der Waals surface area contributed by atoms with E-state index in [1.54, 1.807) is 24.3 Å². The fourth-order valence-corrected chi connectivity index (χ4v) is 4.42. The Morgan fingerprint density at radius 3 is 2.26 bits per heavy atom. The molecule has 7 heteroatoms. The molecule has 0 bridgehead atoms. The van der Waals surface area contributed by atoms with Crippen LogP contribution in [0.5, 0.6) is 0 Å². The van der Waals surface area contributed by atoms with E-state index in [0.717, 1.165) is 45.6 Å². The summed E-state index contributed by atoms with van der Waals surface area (Å²) in [5.41, 5.74) is 0.547. The second kappa shape index (κ2) is 11.3. The molecule has 1 unspecified atom stereocenters. The third-order valence-corrected chi connectivity index (χ3v) is 6.39. The molecule has 170 valence electrons. The molecule has 0 spiro atoms. The Bertz CT molecular complexity index is 738. The number of rotatable bonds is 8. The maximum atomic E-state index is 12.7. The van der Waals surface area contributed by atoms with E-state index in [2.05, 4.69) is 15.5 Å². The van der Waals surface area contributed by atoms with Crippen LogP contribution >= 0.6 is 0 Å². The van der Waals surface area contributed by atoms with Gasteiger partial charge in [0.15, 0.2) is 0 Å². The molecule has 2 fully saturated rings. The van der Waals surface area contributed by atoms with Gasteiger partial charge in [-0.1, -0.05) is 44.9 Å². The molecule has 1 heterocycles. The summed E-state index contributed by atoms with van der Waals surface area (Å²) < 4.78 is 0. The Balaban J connectivity index is 1.39. The van der Waals surface area contributed by atoms with Crippen molar-refractivity contribution < 1.29 is 14.4 Å². The zero-order valence-electron chi connectivity index (χ0n) is 18.8. The lowest BCUT2D eigenvalue weighted by molar-refractivity contribution is -0.137. The Morgan fingerprint density at radius 2 is 1.65 bits per heavy atom. The molecule has 1 aliphatic carbocycles. The van der Waals surface area contributed by atoms with Gasteiger partial charge in [0, 0.05) is 50.7 Å². The van der Waals surface area contributed by atoms with E-state index in [9.17, 15) is 14.4 Å². The second-order valence-electron chi connectivity index (χ2n) is 9.00. The third kappa shape index (κ3) is 6.53. The van der Waals surface area contributed by atoms with Crippen LogP contribution in [0, 0.1) is 11.8 Å². The molecule has 7 nitrogen and oxygen atoms in total. The van der Waals surface area contributed by atoms with E-state index < -0.39 is 6.04 Å². The van der Waals surface area contributed by atoms with Crippen LogP contribution in [0.1, 0.15) is 49.9 Å². The lowest BCUT2D eigenvalue weighted by atomic mass is 10.0. The number of carbonyl (C=O) groups excluding carboxylic acids is 3. The van der Waals surface area contributed by atoms with Gasteiger partial charge in [0.05, 0.1) is 0 Å². The van der Waals surface area contributed by atoms with Gasteiger partial charge in [0.25, 0.3) is 5.91 Å². The minimum Gasteiger partial charge on any atom is -0.353 e. The van der Waals surface area contributed by atoms with E-state index in [1.807, 2.05) is 24.8 Å². The van der Waals surface area contributed by atoms with Gasteiger partial charge in [-0.25, -0.2) is 0 Å². The minimum absolute atomic E-state index is 0.0159. The van der Waals surface area contributed by atoms with Crippen molar-refractivity contribution in [1.29, 1.82) is 0 Å². The molecular formula is C24H36N4O3. The minimum atomic E-state index is -0.575. The van der Waals surface area contributed by atoms with Crippen LogP contribution in [-0.4, -0.2) is 72.8 Å². The van der Waals surface area contributed by atoms with Gasteiger partial charge < -0.3 is 15.5 Å². The van der Waals surface area contributed by atoms with E-state index in [1.165, 1.54) is 12.8 Å². The van der Waals surface area contributed by atoms with Crippen LogP contribution < -0.4 is 10.6 Å². The van der Waals surface area contributed by atoms with Crippen LogP contribution in [-0.2, 0) is 9.59 Å². The first kappa shape index (κ1) is 23.3. The van der Waals surface area contributed by atoms with Crippen molar-refractivity contribution in [2.24, 2.45) is 11.8 Å². The number of carbonyl (C=O) groups is 3. The van der Waals surface area contributed by atoms with Crippen molar-refractivity contribution in [3.05, 3.63) is 35.9 Å². The summed E-state index contributed by atoms with van der Waals surface area (Å²) in [6.07, 6.45) is 4.45. The number of piperazine rings is 1. The fourth-order valence-electron chi connectivity index (χ4n) is 4.42. The molecule has 3 amide bonds.